The molecule has 0 spiro atoms. The highest BCUT2D eigenvalue weighted by Crippen LogP contribution is 2.33. The second kappa shape index (κ2) is 7.63. The van der Waals surface area contributed by atoms with Crippen LogP contribution in [0, 0.1) is 6.92 Å². The van der Waals surface area contributed by atoms with E-state index in [9.17, 15) is 13.2 Å². The summed E-state index contributed by atoms with van der Waals surface area (Å²) in [4.78, 5) is 12.5. The van der Waals surface area contributed by atoms with Crippen LogP contribution in [0.5, 0.6) is 0 Å². The second-order valence-electron chi connectivity index (χ2n) is 7.60. The zero-order valence-electron chi connectivity index (χ0n) is 16.7. The molecule has 1 heterocycles. The third-order valence-electron chi connectivity index (χ3n) is 5.90. The molecule has 1 aliphatic carbocycles. The van der Waals surface area contributed by atoms with Gasteiger partial charge in [-0.3, -0.25) is 4.79 Å². The van der Waals surface area contributed by atoms with Gasteiger partial charge in [0, 0.05) is 14.0 Å². The Morgan fingerprint density at radius 3 is 2.22 bits per heavy atom. The first-order valence-electron chi connectivity index (χ1n) is 9.82. The fourth-order valence-electron chi connectivity index (χ4n) is 4.56. The highest BCUT2D eigenvalue weighted by Gasteiger charge is 2.29. The Kier molecular flexibility index (Phi) is 5.61. The predicted molar refractivity (Wildman–Crippen MR) is 109 cm³/mol. The second-order valence-corrected chi connectivity index (χ2v) is 9.83. The summed E-state index contributed by atoms with van der Waals surface area (Å²) >= 11 is 0. The molecule has 1 saturated carbocycles. The lowest BCUT2D eigenvalue weighted by Crippen LogP contribution is -2.24. The maximum Gasteiger partial charge on any atom is 0.181 e. The van der Waals surface area contributed by atoms with Gasteiger partial charge in [-0.1, -0.05) is 38.3 Å². The quantitative estimate of drug-likeness (QED) is 0.688. The van der Waals surface area contributed by atoms with Gasteiger partial charge in [0.25, 0.3) is 0 Å². The number of hydrogen-bond donors (Lipinski definition) is 0. The lowest BCUT2D eigenvalue weighted by molar-refractivity contribution is 0.100. The van der Waals surface area contributed by atoms with Crippen molar-refractivity contribution >= 4 is 15.6 Å². The van der Waals surface area contributed by atoms with Crippen molar-refractivity contribution in [1.82, 2.24) is 4.57 Å². The first-order chi connectivity index (χ1) is 12.8. The van der Waals surface area contributed by atoms with Gasteiger partial charge in [0.2, 0.25) is 0 Å². The van der Waals surface area contributed by atoms with E-state index in [-0.39, 0.29) is 11.0 Å². The number of nitrogens with zero attached hydrogens (tertiary/aromatic N) is 1. The summed E-state index contributed by atoms with van der Waals surface area (Å²) in [5.74, 6) is 0.0486. The summed E-state index contributed by atoms with van der Waals surface area (Å²) in [7, 11) is -1.36. The van der Waals surface area contributed by atoms with E-state index in [4.69, 9.17) is 0 Å². The molecule has 27 heavy (non-hydrogen) atoms. The summed E-state index contributed by atoms with van der Waals surface area (Å²) < 4.78 is 27.8. The number of carbonyl (C=O) groups is 1. The minimum absolute atomic E-state index is 0.0486. The van der Waals surface area contributed by atoms with Crippen LogP contribution >= 0.6 is 0 Å². The van der Waals surface area contributed by atoms with Crippen molar-refractivity contribution in [3.05, 3.63) is 41.1 Å². The molecule has 0 amide bonds. The topological polar surface area (TPSA) is 56.1 Å². The first-order valence-corrected chi connectivity index (χ1v) is 11.4. The van der Waals surface area contributed by atoms with Gasteiger partial charge in [0.15, 0.2) is 15.6 Å². The molecule has 0 radical (unpaired) electrons. The Morgan fingerprint density at radius 2 is 1.70 bits per heavy atom. The largest absolute Gasteiger partial charge is 0.341 e. The molecule has 4 nitrogen and oxygen atoms in total. The Labute approximate surface area is 162 Å². The monoisotopic (exact) mass is 387 g/mol. The summed E-state index contributed by atoms with van der Waals surface area (Å²) in [6.45, 7) is 5.66. The third-order valence-corrected chi connectivity index (χ3v) is 8.18. The first kappa shape index (κ1) is 19.9. The Morgan fingerprint density at radius 1 is 1.11 bits per heavy atom. The lowest BCUT2D eigenvalue weighted by atomic mass is 10.0. The Bertz CT molecular complexity index is 946. The van der Waals surface area contributed by atoms with Gasteiger partial charge in [-0.2, -0.15) is 0 Å². The molecule has 3 rings (SSSR count). The van der Waals surface area contributed by atoms with Crippen molar-refractivity contribution < 1.29 is 13.2 Å². The maximum atomic E-state index is 12.9. The fraction of sp³-hybridized carbons (Fsp3) is 0.500. The molecule has 0 saturated heterocycles. The van der Waals surface area contributed by atoms with E-state index in [1.54, 1.807) is 19.1 Å². The molecule has 0 N–H and O–H groups in total. The molecule has 1 aromatic carbocycles. The lowest BCUT2D eigenvalue weighted by Gasteiger charge is -2.22. The number of sulfone groups is 1. The van der Waals surface area contributed by atoms with Crippen molar-refractivity contribution in [2.75, 3.05) is 0 Å². The smallest absolute Gasteiger partial charge is 0.181 e. The van der Waals surface area contributed by atoms with Gasteiger partial charge in [0.05, 0.1) is 21.5 Å². The van der Waals surface area contributed by atoms with Gasteiger partial charge in [-0.25, -0.2) is 8.42 Å². The Hall–Kier alpha value is -1.88. The van der Waals surface area contributed by atoms with E-state index >= 15 is 0 Å². The molecule has 1 fully saturated rings. The zero-order chi connectivity index (χ0) is 19.8. The van der Waals surface area contributed by atoms with Crippen LogP contribution < -0.4 is 0 Å². The van der Waals surface area contributed by atoms with Gasteiger partial charge >= 0.3 is 0 Å². The number of Topliss-reactive ketones (excluding diaryl/α,β-unsaturated/α-hetero) is 1. The van der Waals surface area contributed by atoms with Crippen molar-refractivity contribution in [1.29, 1.82) is 0 Å². The predicted octanol–water partition coefficient (Wildman–Crippen LogP) is 4.87. The molecular weight excluding hydrogens is 358 g/mol. The van der Waals surface area contributed by atoms with Crippen LogP contribution in [-0.4, -0.2) is 24.0 Å². The maximum absolute atomic E-state index is 12.9. The van der Waals surface area contributed by atoms with Crippen molar-refractivity contribution in [3.63, 3.8) is 0 Å². The number of hydrogen-bond acceptors (Lipinski definition) is 3. The highest BCUT2D eigenvalue weighted by atomic mass is 32.2. The van der Waals surface area contributed by atoms with Crippen LogP contribution in [0.25, 0.3) is 11.3 Å². The third kappa shape index (κ3) is 3.49. The SMILES string of the molecule is CCc1c(C)c(C(C)=O)n(C)c1-c1ccc(S(=O)(=O)C2CCCCC2)cc1. The summed E-state index contributed by atoms with van der Waals surface area (Å²) in [6, 6.07) is 7.23. The molecule has 1 aliphatic rings. The molecule has 1 aromatic heterocycles. The molecule has 2 aromatic rings. The molecule has 0 unspecified atom stereocenters. The highest BCUT2D eigenvalue weighted by molar-refractivity contribution is 7.92. The number of carbonyl (C=O) groups excluding carboxylic acids is 1. The Balaban J connectivity index is 2.01. The van der Waals surface area contributed by atoms with Crippen LogP contribution in [0.15, 0.2) is 29.2 Å². The average Bonchev–Trinajstić information content (AvgIpc) is 2.92. The molecule has 146 valence electrons. The van der Waals surface area contributed by atoms with Gasteiger partial charge in [-0.05, 0) is 55.0 Å². The van der Waals surface area contributed by atoms with Crippen molar-refractivity contribution in [3.8, 4) is 11.3 Å². The van der Waals surface area contributed by atoms with Crippen LogP contribution in [0.2, 0.25) is 0 Å². The normalized spacial score (nSPS) is 15.9. The summed E-state index contributed by atoms with van der Waals surface area (Å²) in [5, 5.41) is -0.245. The number of ketones is 1. The van der Waals surface area contributed by atoms with Crippen molar-refractivity contribution in [2.24, 2.45) is 7.05 Å². The van der Waals surface area contributed by atoms with Gasteiger partial charge in [-0.15, -0.1) is 0 Å². The van der Waals surface area contributed by atoms with E-state index in [1.165, 1.54) is 0 Å². The standard InChI is InChI=1S/C22H29NO3S/c1-5-20-15(2)21(16(3)24)23(4)22(20)17-11-13-19(14-12-17)27(25,26)18-9-7-6-8-10-18/h11-14,18H,5-10H2,1-4H3. The average molecular weight is 388 g/mol. The molecule has 0 bridgehead atoms. The minimum atomic E-state index is -3.26. The fourth-order valence-corrected chi connectivity index (χ4v) is 6.41. The molecule has 0 aliphatic heterocycles. The molecule has 0 atom stereocenters. The van der Waals surface area contributed by atoms with E-state index < -0.39 is 9.84 Å². The minimum Gasteiger partial charge on any atom is -0.341 e. The number of rotatable bonds is 5. The van der Waals surface area contributed by atoms with Crippen LogP contribution in [0.1, 0.15) is 67.6 Å². The van der Waals surface area contributed by atoms with E-state index in [1.807, 2.05) is 30.7 Å². The summed E-state index contributed by atoms with van der Waals surface area (Å²) in [5.41, 5.74) is 4.84. The number of benzene rings is 1. The molecule has 5 heteroatoms. The van der Waals surface area contributed by atoms with Crippen molar-refractivity contribution in [2.45, 2.75) is 69.4 Å². The van der Waals surface area contributed by atoms with Crippen LogP contribution in [-0.2, 0) is 23.3 Å². The van der Waals surface area contributed by atoms with E-state index in [0.717, 1.165) is 66.6 Å². The van der Waals surface area contributed by atoms with E-state index in [2.05, 4.69) is 6.92 Å². The van der Waals surface area contributed by atoms with Crippen LogP contribution in [0.3, 0.4) is 0 Å². The van der Waals surface area contributed by atoms with Gasteiger partial charge < -0.3 is 4.57 Å². The van der Waals surface area contributed by atoms with E-state index in [0.29, 0.717) is 4.90 Å². The molecular formula is C22H29NO3S. The van der Waals surface area contributed by atoms with Crippen LogP contribution in [0.4, 0.5) is 0 Å². The van der Waals surface area contributed by atoms with Gasteiger partial charge in [0.1, 0.15) is 0 Å². The summed E-state index contributed by atoms with van der Waals surface area (Å²) in [6.07, 6.45) is 5.49. The zero-order valence-corrected chi connectivity index (χ0v) is 17.5. The number of aromatic nitrogens is 1.